The quantitative estimate of drug-likeness (QED) is 0.749. The molecule has 0 bridgehead atoms. The molecule has 1 saturated heterocycles. The molecular formula is C9H10BrNO. The minimum Gasteiger partial charge on any atom is -0.381 e. The summed E-state index contributed by atoms with van der Waals surface area (Å²) in [5.41, 5.74) is -0.785. The van der Waals surface area contributed by atoms with Gasteiger partial charge >= 0.3 is 0 Å². The van der Waals surface area contributed by atoms with E-state index in [1.54, 1.807) is 0 Å². The third-order valence-electron chi connectivity index (χ3n) is 1.19. The van der Waals surface area contributed by atoms with Crippen LogP contribution in [0.1, 0.15) is 31.5 Å². The summed E-state index contributed by atoms with van der Waals surface area (Å²) in [5, 5.41) is 0. The summed E-state index contributed by atoms with van der Waals surface area (Å²) >= 11 is 2.86. The fourth-order valence-corrected chi connectivity index (χ4v) is 0.996. The summed E-state index contributed by atoms with van der Waals surface area (Å²) in [7, 11) is 0. The average Bonchev–Trinajstić information content (AvgIpc) is 2.42. The van der Waals surface area contributed by atoms with Crippen LogP contribution in [0, 0.1) is 0 Å². The van der Waals surface area contributed by atoms with Crippen LogP contribution in [-0.4, -0.2) is 18.1 Å². The van der Waals surface area contributed by atoms with Gasteiger partial charge in [-0.15, -0.1) is 0 Å². The maximum absolute atomic E-state index is 8.25. The van der Waals surface area contributed by atoms with Crippen molar-refractivity contribution in [1.29, 1.82) is 0 Å². The Bertz CT molecular complexity index is 650. The van der Waals surface area contributed by atoms with Gasteiger partial charge in [0.05, 0.1) is 16.2 Å². The number of hydrogen-bond donors (Lipinski definition) is 0. The summed E-state index contributed by atoms with van der Waals surface area (Å²) in [6.07, 6.45) is -4.55. The lowest BCUT2D eigenvalue weighted by atomic mass is 10.0. The maximum atomic E-state index is 8.25. The number of aromatic nitrogens is 1. The minimum absolute atomic E-state index is 0.246. The predicted molar refractivity (Wildman–Crippen MR) is 50.1 cm³/mol. The van der Waals surface area contributed by atoms with Crippen LogP contribution in [0.2, 0.25) is 0 Å². The number of rotatable bonds is 1. The van der Waals surface area contributed by atoms with Crippen molar-refractivity contribution >= 4 is 15.9 Å². The van der Waals surface area contributed by atoms with Gasteiger partial charge in [0.25, 0.3) is 0 Å². The second-order valence-corrected chi connectivity index (χ2v) is 2.75. The van der Waals surface area contributed by atoms with E-state index in [1.165, 1.54) is 0 Å². The standard InChI is InChI=1S/C9H10BrNO/c10-9-3-8(4-11-5-9)7-1-2-12-6-7/h3-5,7H,1-2,6H2/i1D2,2D2,3D,4D,5D,6D2,7D. The molecule has 0 radical (unpaired) electrons. The molecule has 12 heavy (non-hydrogen) atoms. The van der Waals surface area contributed by atoms with Crippen LogP contribution in [0.5, 0.6) is 0 Å². The topological polar surface area (TPSA) is 22.1 Å². The summed E-state index contributed by atoms with van der Waals surface area (Å²) in [6, 6.07) is -0.672. The highest BCUT2D eigenvalue weighted by atomic mass is 79.9. The summed E-state index contributed by atoms with van der Waals surface area (Å²) < 4.78 is 81.7. The Labute approximate surface area is 94.1 Å². The third-order valence-corrected chi connectivity index (χ3v) is 1.56. The first-order valence-electron chi connectivity index (χ1n) is 8.04. The van der Waals surface area contributed by atoms with Gasteiger partial charge in [0.2, 0.25) is 0 Å². The molecule has 1 atom stereocenters. The summed E-state index contributed by atoms with van der Waals surface area (Å²) in [6.45, 7) is -6.31. The highest BCUT2D eigenvalue weighted by Gasteiger charge is 2.17. The van der Waals surface area contributed by atoms with Crippen LogP contribution in [0.15, 0.2) is 22.9 Å². The Kier molecular flexibility index (Phi) is 0.751. The fourth-order valence-electron chi connectivity index (χ4n) is 0.709. The van der Waals surface area contributed by atoms with E-state index in [0.29, 0.717) is 0 Å². The van der Waals surface area contributed by atoms with E-state index in [4.69, 9.17) is 13.7 Å². The third kappa shape index (κ3) is 1.67. The van der Waals surface area contributed by atoms with Crippen molar-refractivity contribution in [3.05, 3.63) is 28.4 Å². The van der Waals surface area contributed by atoms with E-state index in [0.717, 1.165) is 0 Å². The Balaban J connectivity index is 2.88. The predicted octanol–water partition coefficient (Wildman–Crippen LogP) is 2.35. The molecule has 2 rings (SSSR count). The molecule has 2 heterocycles. The Morgan fingerprint density at radius 3 is 3.50 bits per heavy atom. The highest BCUT2D eigenvalue weighted by molar-refractivity contribution is 9.10. The molecule has 0 aromatic carbocycles. The molecule has 0 aliphatic carbocycles. The second-order valence-electron chi connectivity index (χ2n) is 1.96. The first-order valence-corrected chi connectivity index (χ1v) is 3.84. The van der Waals surface area contributed by atoms with Crippen LogP contribution >= 0.6 is 15.9 Å². The number of ether oxygens (including phenoxy) is 1. The lowest BCUT2D eigenvalue weighted by Gasteiger charge is -2.06. The van der Waals surface area contributed by atoms with Crippen LogP contribution in [0.3, 0.4) is 0 Å². The summed E-state index contributed by atoms with van der Waals surface area (Å²) in [4.78, 5) is 3.44. The molecule has 0 N–H and O–H groups in total. The molecule has 2 nitrogen and oxygen atoms in total. The van der Waals surface area contributed by atoms with Gasteiger partial charge in [-0.05, 0) is 33.9 Å². The van der Waals surface area contributed by atoms with Gasteiger partial charge in [-0.2, -0.15) is 0 Å². The number of pyridine rings is 1. The first kappa shape index (κ1) is 2.55. The zero-order chi connectivity index (χ0) is 17.3. The first-order chi connectivity index (χ1) is 9.71. The molecule has 1 unspecified atom stereocenters. The number of nitrogens with zero attached hydrogens (tertiary/aromatic N) is 1. The Morgan fingerprint density at radius 2 is 2.75 bits per heavy atom. The molecule has 0 amide bonds. The van der Waals surface area contributed by atoms with E-state index in [9.17, 15) is 0 Å². The summed E-state index contributed by atoms with van der Waals surface area (Å²) in [5.74, 6) is -3.05. The van der Waals surface area contributed by atoms with Gasteiger partial charge in [0, 0.05) is 33.4 Å². The molecule has 0 saturated carbocycles. The number of hydrogen-bond acceptors (Lipinski definition) is 2. The zero-order valence-electron chi connectivity index (χ0n) is 15.7. The van der Waals surface area contributed by atoms with Gasteiger partial charge in [0.15, 0.2) is 0 Å². The van der Waals surface area contributed by atoms with Gasteiger partial charge in [-0.1, -0.05) is 0 Å². The van der Waals surface area contributed by atoms with Crippen molar-refractivity contribution in [3.63, 3.8) is 0 Å². The molecule has 0 spiro atoms. The largest absolute Gasteiger partial charge is 0.381 e. The van der Waals surface area contributed by atoms with Crippen molar-refractivity contribution in [2.75, 3.05) is 13.1 Å². The van der Waals surface area contributed by atoms with Gasteiger partial charge in [0.1, 0.15) is 0 Å². The van der Waals surface area contributed by atoms with Crippen LogP contribution in [-0.2, 0) is 4.74 Å². The van der Waals surface area contributed by atoms with Gasteiger partial charge in [-0.3, -0.25) is 4.98 Å². The van der Waals surface area contributed by atoms with E-state index < -0.39 is 49.3 Å². The maximum Gasteiger partial charge on any atom is 0.0852 e. The van der Waals surface area contributed by atoms with Crippen LogP contribution in [0.4, 0.5) is 0 Å². The fraction of sp³-hybridized carbons (Fsp3) is 0.444. The minimum atomic E-state index is -3.21. The van der Waals surface area contributed by atoms with Gasteiger partial charge in [-0.25, -0.2) is 0 Å². The molecule has 1 aliphatic heterocycles. The van der Waals surface area contributed by atoms with Gasteiger partial charge < -0.3 is 4.74 Å². The molecule has 1 aromatic heterocycles. The SMILES string of the molecule is [2H]c1nc([2H])c(C2([2H])C([2H])([2H])OC([2H])([2H])C2([2H])[2H])c([2H])c1Br. The molecule has 3 heteroatoms. The zero-order valence-corrected chi connectivity index (χ0v) is 7.32. The van der Waals surface area contributed by atoms with Crippen molar-refractivity contribution in [2.24, 2.45) is 0 Å². The molecule has 1 fully saturated rings. The van der Waals surface area contributed by atoms with Crippen molar-refractivity contribution in [2.45, 2.75) is 12.3 Å². The normalized spacial score (nSPS) is 53.8. The highest BCUT2D eigenvalue weighted by Crippen LogP contribution is 2.25. The van der Waals surface area contributed by atoms with E-state index in [1.807, 2.05) is 0 Å². The van der Waals surface area contributed by atoms with Crippen LogP contribution < -0.4 is 0 Å². The van der Waals surface area contributed by atoms with Crippen LogP contribution in [0.25, 0.3) is 0 Å². The molecule has 1 aliphatic rings. The Hall–Kier alpha value is -0.410. The number of halogens is 1. The smallest absolute Gasteiger partial charge is 0.0852 e. The van der Waals surface area contributed by atoms with E-state index in [-0.39, 0.29) is 4.47 Å². The lowest BCUT2D eigenvalue weighted by molar-refractivity contribution is 0.194. The monoisotopic (exact) mass is 237 g/mol. The average molecular weight is 238 g/mol. The molecule has 1 aromatic rings. The van der Waals surface area contributed by atoms with E-state index >= 15 is 0 Å². The van der Waals surface area contributed by atoms with Crippen molar-refractivity contribution in [1.82, 2.24) is 4.98 Å². The Morgan fingerprint density at radius 1 is 1.83 bits per heavy atom. The van der Waals surface area contributed by atoms with Crippen molar-refractivity contribution < 1.29 is 18.4 Å². The van der Waals surface area contributed by atoms with Crippen molar-refractivity contribution in [3.8, 4) is 0 Å². The van der Waals surface area contributed by atoms with E-state index in [2.05, 4.69) is 25.7 Å². The molecule has 64 valence electrons. The lowest BCUT2D eigenvalue weighted by Crippen LogP contribution is -1.97. The second kappa shape index (κ2) is 3.54. The molecular weight excluding hydrogens is 218 g/mol.